The van der Waals surface area contributed by atoms with E-state index in [9.17, 15) is 18.4 Å². The van der Waals surface area contributed by atoms with E-state index in [0.29, 0.717) is 0 Å². The smallest absolute Gasteiger partial charge is 0.450 e. The average molecular weight is 214 g/mol. The van der Waals surface area contributed by atoms with Gasteiger partial charge >= 0.3 is 18.4 Å². The zero-order valence-corrected chi connectivity index (χ0v) is 7.16. The molecule has 1 aliphatic rings. The lowest BCUT2D eigenvalue weighted by Gasteiger charge is -1.98. The molecule has 0 aliphatic carbocycles. The number of ether oxygens (including phenoxy) is 3. The number of carbonyl (C=O) groups excluding carboxylic acids is 1. The second kappa shape index (κ2) is 5.20. The fourth-order valence-electron chi connectivity index (χ4n) is 0.447. The molecule has 1 N–H and O–H groups in total. The van der Waals surface area contributed by atoms with Crippen molar-refractivity contribution in [3.05, 3.63) is 0 Å². The Hall–Kier alpha value is -1.60. The maximum Gasteiger partial charge on any atom is 0.513 e. The first-order chi connectivity index (χ1) is 6.37. The Morgan fingerprint density at radius 1 is 1.71 bits per heavy atom. The Kier molecular flexibility index (Phi) is 4.60. The first-order valence-corrected chi connectivity index (χ1v) is 3.46. The predicted molar refractivity (Wildman–Crippen MR) is 37.0 cm³/mol. The van der Waals surface area contributed by atoms with Gasteiger partial charge in [0.05, 0.1) is 6.61 Å². The Balaban J connectivity index is 0.000000255. The van der Waals surface area contributed by atoms with E-state index in [4.69, 9.17) is 5.11 Å². The van der Waals surface area contributed by atoms with Crippen molar-refractivity contribution in [1.82, 2.24) is 0 Å². The molecule has 1 saturated heterocycles. The molecular weight excluding hydrogens is 206 g/mol. The molecule has 82 valence electrons. The number of carbonyl (C=O) groups is 2. The molecule has 0 amide bonds. The van der Waals surface area contributed by atoms with Gasteiger partial charge in [-0.15, -0.1) is 0 Å². The SMILES string of the molecule is CCOC(=O)O.O=C1OCC(F)(F)O1. The van der Waals surface area contributed by atoms with Crippen molar-refractivity contribution >= 4 is 12.3 Å². The lowest BCUT2D eigenvalue weighted by molar-refractivity contribution is -0.170. The Labute approximate surface area is 77.4 Å². The van der Waals surface area contributed by atoms with Crippen LogP contribution in [0.3, 0.4) is 0 Å². The van der Waals surface area contributed by atoms with Crippen LogP contribution in [0.25, 0.3) is 0 Å². The van der Waals surface area contributed by atoms with Crippen molar-refractivity contribution in [2.45, 2.75) is 13.0 Å². The van der Waals surface area contributed by atoms with Gasteiger partial charge in [0.25, 0.3) is 0 Å². The molecule has 0 bridgehead atoms. The normalized spacial score (nSPS) is 17.2. The highest BCUT2D eigenvalue weighted by atomic mass is 19.3. The van der Waals surface area contributed by atoms with Crippen LogP contribution in [0, 0.1) is 0 Å². The Bertz CT molecular complexity index is 216. The molecule has 0 unspecified atom stereocenters. The van der Waals surface area contributed by atoms with Crippen molar-refractivity contribution < 1.29 is 37.7 Å². The quantitative estimate of drug-likeness (QED) is 0.665. The number of alkyl halides is 2. The van der Waals surface area contributed by atoms with E-state index < -0.39 is 25.0 Å². The second-order valence-corrected chi connectivity index (χ2v) is 1.98. The zero-order chi connectivity index (χ0) is 11.2. The maximum atomic E-state index is 11.6. The summed E-state index contributed by atoms with van der Waals surface area (Å²) in [6.07, 6.45) is -5.93. The monoisotopic (exact) mass is 214 g/mol. The van der Waals surface area contributed by atoms with E-state index in [2.05, 4.69) is 14.2 Å². The summed E-state index contributed by atoms with van der Waals surface area (Å²) in [5.41, 5.74) is 0. The molecule has 0 saturated carbocycles. The van der Waals surface area contributed by atoms with E-state index in [0.717, 1.165) is 0 Å². The van der Waals surface area contributed by atoms with Crippen molar-refractivity contribution in [3.63, 3.8) is 0 Å². The number of halogens is 2. The summed E-state index contributed by atoms with van der Waals surface area (Å²) in [4.78, 5) is 19.1. The van der Waals surface area contributed by atoms with Crippen LogP contribution >= 0.6 is 0 Å². The minimum absolute atomic E-state index is 0.231. The largest absolute Gasteiger partial charge is 0.513 e. The third-order valence-corrected chi connectivity index (χ3v) is 0.859. The standard InChI is InChI=1S/C3H2F2O3.C3H6O3/c4-3(5)1-7-2(6)8-3;1-2-6-3(4)5/h1H2;2H2,1H3,(H,4,5). The van der Waals surface area contributed by atoms with Gasteiger partial charge in [0, 0.05) is 0 Å². The molecule has 0 aromatic carbocycles. The molecule has 0 atom stereocenters. The van der Waals surface area contributed by atoms with Crippen LogP contribution in [-0.2, 0) is 14.2 Å². The third-order valence-electron chi connectivity index (χ3n) is 0.859. The highest BCUT2D eigenvalue weighted by Gasteiger charge is 2.43. The van der Waals surface area contributed by atoms with Crippen LogP contribution < -0.4 is 0 Å². The number of cyclic esters (lactones) is 2. The number of rotatable bonds is 1. The van der Waals surface area contributed by atoms with E-state index >= 15 is 0 Å². The minimum Gasteiger partial charge on any atom is -0.450 e. The van der Waals surface area contributed by atoms with Crippen LogP contribution in [-0.4, -0.2) is 36.7 Å². The molecule has 1 fully saturated rings. The Morgan fingerprint density at radius 2 is 2.29 bits per heavy atom. The first-order valence-electron chi connectivity index (χ1n) is 3.46. The molecule has 0 radical (unpaired) electrons. The Morgan fingerprint density at radius 3 is 2.36 bits per heavy atom. The van der Waals surface area contributed by atoms with Crippen molar-refractivity contribution in [3.8, 4) is 0 Å². The number of hydrogen-bond donors (Lipinski definition) is 1. The number of carboxylic acid groups (broad SMARTS) is 1. The fraction of sp³-hybridized carbons (Fsp3) is 0.667. The lowest BCUT2D eigenvalue weighted by atomic mass is 10.7. The highest BCUT2D eigenvalue weighted by molar-refractivity contribution is 5.61. The molecule has 0 spiro atoms. The summed E-state index contributed by atoms with van der Waals surface area (Å²) in [5.74, 6) is 0. The van der Waals surface area contributed by atoms with Crippen LogP contribution in [0.1, 0.15) is 6.92 Å². The fourth-order valence-corrected chi connectivity index (χ4v) is 0.447. The summed E-state index contributed by atoms with van der Waals surface area (Å²) in [5, 5.41) is 7.69. The van der Waals surface area contributed by atoms with Crippen molar-refractivity contribution in [2.75, 3.05) is 13.2 Å². The van der Waals surface area contributed by atoms with Gasteiger partial charge in [-0.25, -0.2) is 9.59 Å². The van der Waals surface area contributed by atoms with Gasteiger partial charge in [-0.2, -0.15) is 8.78 Å². The summed E-state index contributed by atoms with van der Waals surface area (Å²) in [6, 6.07) is 0. The molecular formula is C6H8F2O6. The molecule has 0 aromatic rings. The van der Waals surface area contributed by atoms with Crippen molar-refractivity contribution in [2.24, 2.45) is 0 Å². The molecule has 8 heteroatoms. The summed E-state index contributed by atoms with van der Waals surface area (Å²) in [7, 11) is 0. The second-order valence-electron chi connectivity index (χ2n) is 1.98. The van der Waals surface area contributed by atoms with Crippen LogP contribution in [0.4, 0.5) is 18.4 Å². The summed E-state index contributed by atoms with van der Waals surface area (Å²) >= 11 is 0. The third kappa shape index (κ3) is 5.98. The van der Waals surface area contributed by atoms with Crippen LogP contribution in [0.2, 0.25) is 0 Å². The van der Waals surface area contributed by atoms with Gasteiger partial charge in [0.2, 0.25) is 0 Å². The molecule has 14 heavy (non-hydrogen) atoms. The van der Waals surface area contributed by atoms with Gasteiger partial charge in [0.1, 0.15) is 0 Å². The summed E-state index contributed by atoms with van der Waals surface area (Å²) < 4.78 is 34.3. The molecule has 1 aliphatic heterocycles. The molecule has 1 rings (SSSR count). The summed E-state index contributed by atoms with van der Waals surface area (Å²) in [6.45, 7) is 0.884. The van der Waals surface area contributed by atoms with Gasteiger partial charge in [-0.1, -0.05) is 0 Å². The first kappa shape index (κ1) is 12.4. The predicted octanol–water partition coefficient (Wildman–Crippen LogP) is 1.45. The molecule has 6 nitrogen and oxygen atoms in total. The zero-order valence-electron chi connectivity index (χ0n) is 7.16. The van der Waals surface area contributed by atoms with E-state index in [1.165, 1.54) is 0 Å². The molecule has 0 aromatic heterocycles. The van der Waals surface area contributed by atoms with E-state index in [-0.39, 0.29) is 6.61 Å². The van der Waals surface area contributed by atoms with Gasteiger partial charge in [-0.05, 0) is 6.92 Å². The topological polar surface area (TPSA) is 82.1 Å². The maximum absolute atomic E-state index is 11.6. The van der Waals surface area contributed by atoms with Crippen LogP contribution in [0.5, 0.6) is 0 Å². The van der Waals surface area contributed by atoms with Gasteiger partial charge in [0.15, 0.2) is 6.61 Å². The van der Waals surface area contributed by atoms with Crippen molar-refractivity contribution in [1.29, 1.82) is 0 Å². The van der Waals surface area contributed by atoms with Gasteiger partial charge < -0.3 is 19.3 Å². The minimum atomic E-state index is -3.41. The van der Waals surface area contributed by atoms with E-state index in [1.54, 1.807) is 6.92 Å². The van der Waals surface area contributed by atoms with Crippen LogP contribution in [0.15, 0.2) is 0 Å². The highest BCUT2D eigenvalue weighted by Crippen LogP contribution is 2.22. The number of hydrogen-bond acceptors (Lipinski definition) is 5. The van der Waals surface area contributed by atoms with E-state index in [1.807, 2.05) is 0 Å². The lowest BCUT2D eigenvalue weighted by Crippen LogP contribution is -2.17. The average Bonchev–Trinajstić information content (AvgIpc) is 2.29. The molecule has 1 heterocycles. The van der Waals surface area contributed by atoms with Gasteiger partial charge in [-0.3, -0.25) is 0 Å².